The van der Waals surface area contributed by atoms with Crippen molar-refractivity contribution in [1.29, 1.82) is 0 Å². The van der Waals surface area contributed by atoms with E-state index >= 15 is 0 Å². The summed E-state index contributed by atoms with van der Waals surface area (Å²) in [7, 11) is 1.48. The fraction of sp³-hybridized carbons (Fsp3) is 0.233. The molecule has 2 atom stereocenters. The summed E-state index contributed by atoms with van der Waals surface area (Å²) in [6.07, 6.45) is 2.88. The molecule has 36 heavy (non-hydrogen) atoms. The van der Waals surface area contributed by atoms with Gasteiger partial charge in [0.1, 0.15) is 17.6 Å². The van der Waals surface area contributed by atoms with Crippen molar-refractivity contribution < 1.29 is 28.7 Å². The van der Waals surface area contributed by atoms with Crippen molar-refractivity contribution in [1.82, 2.24) is 0 Å². The molecule has 1 aliphatic carbocycles. The lowest BCUT2D eigenvalue weighted by molar-refractivity contribution is -0.118. The van der Waals surface area contributed by atoms with Gasteiger partial charge >= 0.3 is 0 Å². The fourth-order valence-electron chi connectivity index (χ4n) is 4.51. The largest absolute Gasteiger partial charge is 0.497 e. The van der Waals surface area contributed by atoms with Gasteiger partial charge in [-0.05, 0) is 42.7 Å². The Balaban J connectivity index is 1.78. The number of methoxy groups -OCH3 is 1. The smallest absolute Gasteiger partial charge is 0.230 e. The van der Waals surface area contributed by atoms with Crippen molar-refractivity contribution in [3.05, 3.63) is 101 Å². The van der Waals surface area contributed by atoms with Gasteiger partial charge in [-0.3, -0.25) is 24.0 Å². The van der Waals surface area contributed by atoms with Gasteiger partial charge in [-0.1, -0.05) is 61.9 Å². The van der Waals surface area contributed by atoms with E-state index in [-0.39, 0.29) is 22.3 Å². The number of carbonyl (C=O) groups is 5. The van der Waals surface area contributed by atoms with Crippen LogP contribution in [0.2, 0.25) is 0 Å². The summed E-state index contributed by atoms with van der Waals surface area (Å²) in [5.41, 5.74) is 1.42. The number of rotatable bonds is 9. The molecular weight excluding hydrogens is 456 g/mol. The Labute approximate surface area is 209 Å². The van der Waals surface area contributed by atoms with Crippen LogP contribution in [0, 0.1) is 11.8 Å². The molecule has 3 aromatic carbocycles. The second-order valence-corrected chi connectivity index (χ2v) is 8.82. The molecule has 0 N–H and O–H groups in total. The molecule has 0 bridgehead atoms. The fourth-order valence-corrected chi connectivity index (χ4v) is 4.51. The first-order valence-electron chi connectivity index (χ1n) is 11.9. The van der Waals surface area contributed by atoms with Crippen LogP contribution < -0.4 is 4.74 Å². The summed E-state index contributed by atoms with van der Waals surface area (Å²) >= 11 is 0. The number of Topliss-reactive ketones (excluding diaryl/α,β-unsaturated/α-hetero) is 5. The molecule has 1 aliphatic rings. The maximum Gasteiger partial charge on any atom is 0.230 e. The SMILES string of the molecule is CCCCc1ccc(C(=O)C(C(=O)c2ccc(OC)cc2)C2C(=O)C(=O)c3ccccc3C2=O)cc1. The second-order valence-electron chi connectivity index (χ2n) is 8.82. The van der Waals surface area contributed by atoms with Gasteiger partial charge in [0.2, 0.25) is 11.6 Å². The molecule has 0 saturated carbocycles. The van der Waals surface area contributed by atoms with Gasteiger partial charge in [-0.2, -0.15) is 0 Å². The Hall–Kier alpha value is -4.19. The minimum Gasteiger partial charge on any atom is -0.497 e. The highest BCUT2D eigenvalue weighted by molar-refractivity contribution is 6.53. The van der Waals surface area contributed by atoms with E-state index in [0.29, 0.717) is 5.75 Å². The summed E-state index contributed by atoms with van der Waals surface area (Å²) in [5, 5.41) is 0. The quantitative estimate of drug-likeness (QED) is 0.242. The lowest BCUT2D eigenvalue weighted by Gasteiger charge is -2.27. The van der Waals surface area contributed by atoms with Gasteiger partial charge in [0.05, 0.1) is 7.11 Å². The summed E-state index contributed by atoms with van der Waals surface area (Å²) < 4.78 is 5.14. The molecule has 2 unspecified atom stereocenters. The first-order chi connectivity index (χ1) is 17.4. The first kappa shape index (κ1) is 24.9. The average molecular weight is 483 g/mol. The van der Waals surface area contributed by atoms with E-state index < -0.39 is 40.8 Å². The average Bonchev–Trinajstić information content (AvgIpc) is 2.92. The zero-order chi connectivity index (χ0) is 25.8. The number of hydrogen-bond acceptors (Lipinski definition) is 6. The molecule has 0 radical (unpaired) electrons. The minimum absolute atomic E-state index is 0.00729. The Morgan fingerprint density at radius 1 is 0.778 bits per heavy atom. The Bertz CT molecular complexity index is 1330. The second kappa shape index (κ2) is 10.6. The molecule has 0 spiro atoms. The number of ketones is 5. The summed E-state index contributed by atoms with van der Waals surface area (Å²) in [5.74, 6) is -6.87. The number of ether oxygens (including phenoxy) is 1. The zero-order valence-corrected chi connectivity index (χ0v) is 20.2. The number of unbranched alkanes of at least 4 members (excludes halogenated alkanes) is 1. The van der Waals surface area contributed by atoms with Crippen LogP contribution >= 0.6 is 0 Å². The zero-order valence-electron chi connectivity index (χ0n) is 20.2. The van der Waals surface area contributed by atoms with E-state index in [1.54, 1.807) is 36.4 Å². The third-order valence-corrected chi connectivity index (χ3v) is 6.56. The van der Waals surface area contributed by atoms with Gasteiger partial charge in [-0.15, -0.1) is 0 Å². The molecule has 0 aromatic heterocycles. The third kappa shape index (κ3) is 4.67. The number of benzene rings is 3. The standard InChI is InChI=1S/C30H26O6/c1-3-4-7-18-10-12-19(13-11-18)26(31)24(27(32)20-14-16-21(36-2)17-15-20)25-28(33)22-8-5-6-9-23(22)29(34)30(25)35/h5-6,8-17,24-25H,3-4,7H2,1-2H3. The predicted octanol–water partition coefficient (Wildman–Crippen LogP) is 4.98. The third-order valence-electron chi connectivity index (χ3n) is 6.56. The van der Waals surface area contributed by atoms with Crippen molar-refractivity contribution in [2.24, 2.45) is 11.8 Å². The van der Waals surface area contributed by atoms with E-state index in [0.717, 1.165) is 24.8 Å². The molecule has 4 rings (SSSR count). The molecule has 6 nitrogen and oxygen atoms in total. The van der Waals surface area contributed by atoms with Gasteiger partial charge < -0.3 is 4.74 Å². The van der Waals surface area contributed by atoms with Gasteiger partial charge in [0, 0.05) is 22.3 Å². The molecule has 0 fully saturated rings. The highest BCUT2D eigenvalue weighted by Crippen LogP contribution is 2.33. The summed E-state index contributed by atoms with van der Waals surface area (Å²) in [4.78, 5) is 67.0. The Morgan fingerprint density at radius 3 is 1.89 bits per heavy atom. The van der Waals surface area contributed by atoms with E-state index in [9.17, 15) is 24.0 Å². The van der Waals surface area contributed by atoms with Gasteiger partial charge in [0.25, 0.3) is 0 Å². The number of aryl methyl sites for hydroxylation is 1. The first-order valence-corrected chi connectivity index (χ1v) is 11.9. The van der Waals surface area contributed by atoms with E-state index in [1.807, 2.05) is 12.1 Å². The highest BCUT2D eigenvalue weighted by Gasteiger charge is 2.49. The molecule has 0 aliphatic heterocycles. The van der Waals surface area contributed by atoms with E-state index in [4.69, 9.17) is 4.74 Å². The topological polar surface area (TPSA) is 94.6 Å². The maximum absolute atomic E-state index is 13.8. The molecule has 0 heterocycles. The molecule has 182 valence electrons. The normalized spacial score (nSPS) is 15.8. The number of fused-ring (bicyclic) bond motifs is 1. The van der Waals surface area contributed by atoms with Crippen LogP contribution in [0.15, 0.2) is 72.8 Å². The maximum atomic E-state index is 13.8. The molecule has 0 amide bonds. The van der Waals surface area contributed by atoms with Crippen LogP contribution in [0.5, 0.6) is 5.75 Å². The van der Waals surface area contributed by atoms with Crippen LogP contribution in [0.25, 0.3) is 0 Å². The van der Waals surface area contributed by atoms with Crippen molar-refractivity contribution in [2.45, 2.75) is 26.2 Å². The van der Waals surface area contributed by atoms with Crippen LogP contribution in [-0.4, -0.2) is 36.0 Å². The molecule has 3 aromatic rings. The number of carbonyl (C=O) groups excluding carboxylic acids is 5. The van der Waals surface area contributed by atoms with Crippen LogP contribution in [0.3, 0.4) is 0 Å². The van der Waals surface area contributed by atoms with Crippen molar-refractivity contribution in [3.63, 3.8) is 0 Å². The van der Waals surface area contributed by atoms with Crippen LogP contribution in [-0.2, 0) is 11.2 Å². The summed E-state index contributed by atoms with van der Waals surface area (Å²) in [6, 6.07) is 18.9. The molecule has 0 saturated heterocycles. The lowest BCUT2D eigenvalue weighted by Crippen LogP contribution is -2.46. The predicted molar refractivity (Wildman–Crippen MR) is 134 cm³/mol. The van der Waals surface area contributed by atoms with Crippen molar-refractivity contribution >= 4 is 28.9 Å². The Kier molecular flexibility index (Phi) is 7.34. The van der Waals surface area contributed by atoms with Gasteiger partial charge in [-0.25, -0.2) is 0 Å². The van der Waals surface area contributed by atoms with E-state index in [1.165, 1.54) is 31.4 Å². The van der Waals surface area contributed by atoms with Crippen molar-refractivity contribution in [3.8, 4) is 5.75 Å². The monoisotopic (exact) mass is 482 g/mol. The van der Waals surface area contributed by atoms with Crippen LogP contribution in [0.4, 0.5) is 0 Å². The molecule has 6 heteroatoms. The van der Waals surface area contributed by atoms with E-state index in [2.05, 4.69) is 6.92 Å². The minimum atomic E-state index is -1.73. The van der Waals surface area contributed by atoms with Gasteiger partial charge in [0.15, 0.2) is 17.3 Å². The summed E-state index contributed by atoms with van der Waals surface area (Å²) in [6.45, 7) is 2.09. The Morgan fingerprint density at radius 2 is 1.33 bits per heavy atom. The molecular formula is C30H26O6. The number of hydrogen-bond donors (Lipinski definition) is 0. The lowest BCUT2D eigenvalue weighted by atomic mass is 9.70. The highest BCUT2D eigenvalue weighted by atomic mass is 16.5. The van der Waals surface area contributed by atoms with Crippen LogP contribution in [0.1, 0.15) is 66.8 Å². The van der Waals surface area contributed by atoms with Crippen molar-refractivity contribution in [2.75, 3.05) is 7.11 Å².